The highest BCUT2D eigenvalue weighted by atomic mass is 35.5. The third kappa shape index (κ3) is 3.18. The van der Waals surface area contributed by atoms with Gasteiger partial charge in [-0.05, 0) is 49.2 Å². The molecule has 2 aromatic rings. The van der Waals surface area contributed by atoms with Gasteiger partial charge < -0.3 is 10.5 Å². The molecule has 0 saturated heterocycles. The molecule has 1 aromatic heterocycles. The lowest BCUT2D eigenvalue weighted by Crippen LogP contribution is -2.03. The largest absolute Gasteiger partial charge is 0.424 e. The Kier molecular flexibility index (Phi) is 4.12. The molecular weight excluding hydrogens is 250 g/mol. The fraction of sp³-hybridized carbons (Fsp3) is 0.231. The molecule has 0 amide bonds. The molecule has 0 atom stereocenters. The van der Waals surface area contributed by atoms with E-state index in [1.807, 2.05) is 13.0 Å². The Morgan fingerprint density at radius 2 is 2.00 bits per heavy atom. The molecule has 18 heavy (non-hydrogen) atoms. The van der Waals surface area contributed by atoms with Crippen LogP contribution in [0.15, 0.2) is 30.6 Å². The molecule has 1 aromatic carbocycles. The molecule has 1 heterocycles. The van der Waals surface area contributed by atoms with Gasteiger partial charge in [-0.15, -0.1) is 0 Å². The van der Waals surface area contributed by atoms with Gasteiger partial charge in [0, 0.05) is 17.4 Å². The summed E-state index contributed by atoms with van der Waals surface area (Å²) in [6, 6.07) is 5.72. The zero-order chi connectivity index (χ0) is 13.0. The summed E-state index contributed by atoms with van der Waals surface area (Å²) in [5, 5.41) is 0.680. The monoisotopic (exact) mass is 263 g/mol. The Balaban J connectivity index is 2.13. The molecule has 0 bridgehead atoms. The van der Waals surface area contributed by atoms with Crippen LogP contribution in [0.4, 0.5) is 0 Å². The van der Waals surface area contributed by atoms with Crippen molar-refractivity contribution in [1.82, 2.24) is 9.97 Å². The molecule has 0 fully saturated rings. The number of hydrogen-bond donors (Lipinski definition) is 1. The summed E-state index contributed by atoms with van der Waals surface area (Å²) in [6.45, 7) is 2.50. The maximum Gasteiger partial charge on any atom is 0.321 e. The zero-order valence-electron chi connectivity index (χ0n) is 10.1. The van der Waals surface area contributed by atoms with E-state index < -0.39 is 0 Å². The smallest absolute Gasteiger partial charge is 0.321 e. The third-order valence-electron chi connectivity index (χ3n) is 2.45. The topological polar surface area (TPSA) is 61.0 Å². The molecular formula is C13H14ClN3O. The summed E-state index contributed by atoms with van der Waals surface area (Å²) >= 11 is 5.88. The number of rotatable bonds is 4. The highest BCUT2D eigenvalue weighted by molar-refractivity contribution is 6.30. The van der Waals surface area contributed by atoms with E-state index in [4.69, 9.17) is 22.1 Å². The van der Waals surface area contributed by atoms with E-state index in [1.165, 1.54) is 0 Å². The van der Waals surface area contributed by atoms with Gasteiger partial charge in [-0.2, -0.15) is 0 Å². The number of nitrogens with zero attached hydrogens (tertiary/aromatic N) is 2. The van der Waals surface area contributed by atoms with Crippen LogP contribution in [0.25, 0.3) is 0 Å². The Bertz CT molecular complexity index is 528. The maximum absolute atomic E-state index is 5.88. The van der Waals surface area contributed by atoms with Gasteiger partial charge in [0.25, 0.3) is 0 Å². The highest BCUT2D eigenvalue weighted by Gasteiger charge is 2.04. The van der Waals surface area contributed by atoms with Crippen molar-refractivity contribution in [2.75, 3.05) is 6.54 Å². The second-order valence-electron chi connectivity index (χ2n) is 3.92. The predicted octanol–water partition coefficient (Wildman–Crippen LogP) is 2.73. The van der Waals surface area contributed by atoms with E-state index >= 15 is 0 Å². The average molecular weight is 264 g/mol. The van der Waals surface area contributed by atoms with Crippen LogP contribution in [0, 0.1) is 6.92 Å². The molecule has 0 spiro atoms. The summed E-state index contributed by atoms with van der Waals surface area (Å²) in [5.74, 6) is 0.700. The lowest BCUT2D eigenvalue weighted by atomic mass is 10.2. The van der Waals surface area contributed by atoms with Crippen LogP contribution < -0.4 is 10.5 Å². The summed E-state index contributed by atoms with van der Waals surface area (Å²) in [7, 11) is 0. The normalized spacial score (nSPS) is 10.4. The van der Waals surface area contributed by atoms with Gasteiger partial charge in [-0.25, -0.2) is 9.97 Å². The van der Waals surface area contributed by atoms with E-state index in [-0.39, 0.29) is 0 Å². The fourth-order valence-electron chi connectivity index (χ4n) is 1.52. The van der Waals surface area contributed by atoms with Crippen molar-refractivity contribution in [3.8, 4) is 11.8 Å². The first kappa shape index (κ1) is 12.8. The van der Waals surface area contributed by atoms with Gasteiger partial charge in [0.05, 0.1) is 0 Å². The van der Waals surface area contributed by atoms with Crippen molar-refractivity contribution in [3.63, 3.8) is 0 Å². The predicted molar refractivity (Wildman–Crippen MR) is 71.1 cm³/mol. The summed E-state index contributed by atoms with van der Waals surface area (Å²) in [4.78, 5) is 8.27. The van der Waals surface area contributed by atoms with Crippen LogP contribution in [0.2, 0.25) is 5.02 Å². The SMILES string of the molecule is Cc1cc(Cl)ccc1Oc1ncc(CCN)cn1. The average Bonchev–Trinajstić information content (AvgIpc) is 2.35. The fourth-order valence-corrected chi connectivity index (χ4v) is 1.74. The van der Waals surface area contributed by atoms with Gasteiger partial charge in [-0.1, -0.05) is 11.6 Å². The van der Waals surface area contributed by atoms with Crippen LogP contribution in [0.5, 0.6) is 11.8 Å². The van der Waals surface area contributed by atoms with E-state index in [0.717, 1.165) is 17.5 Å². The number of aromatic nitrogens is 2. The van der Waals surface area contributed by atoms with Gasteiger partial charge in [-0.3, -0.25) is 0 Å². The molecule has 2 rings (SSSR count). The van der Waals surface area contributed by atoms with E-state index in [0.29, 0.717) is 23.3 Å². The summed E-state index contributed by atoms with van der Waals surface area (Å²) in [5.41, 5.74) is 7.40. The molecule has 5 heteroatoms. The van der Waals surface area contributed by atoms with E-state index in [9.17, 15) is 0 Å². The van der Waals surface area contributed by atoms with Crippen LogP contribution in [0.3, 0.4) is 0 Å². The maximum atomic E-state index is 5.88. The zero-order valence-corrected chi connectivity index (χ0v) is 10.8. The lowest BCUT2D eigenvalue weighted by molar-refractivity contribution is 0.438. The molecule has 4 nitrogen and oxygen atoms in total. The minimum atomic E-state index is 0.321. The number of ether oxygens (including phenoxy) is 1. The van der Waals surface area contributed by atoms with Crippen molar-refractivity contribution in [2.24, 2.45) is 5.73 Å². The van der Waals surface area contributed by atoms with Crippen LogP contribution in [-0.2, 0) is 6.42 Å². The third-order valence-corrected chi connectivity index (χ3v) is 2.69. The number of hydrogen-bond acceptors (Lipinski definition) is 4. The number of nitrogens with two attached hydrogens (primary N) is 1. The molecule has 2 N–H and O–H groups in total. The van der Waals surface area contributed by atoms with Crippen molar-refractivity contribution >= 4 is 11.6 Å². The van der Waals surface area contributed by atoms with Crippen molar-refractivity contribution < 1.29 is 4.74 Å². The van der Waals surface area contributed by atoms with Gasteiger partial charge in [0.2, 0.25) is 0 Å². The molecule has 0 aliphatic carbocycles. The second-order valence-corrected chi connectivity index (χ2v) is 4.36. The first-order valence-corrected chi connectivity index (χ1v) is 6.02. The molecule has 0 aliphatic heterocycles. The van der Waals surface area contributed by atoms with E-state index in [2.05, 4.69) is 9.97 Å². The number of aryl methyl sites for hydroxylation is 1. The quantitative estimate of drug-likeness (QED) is 0.921. The molecule has 0 radical (unpaired) electrons. The van der Waals surface area contributed by atoms with Gasteiger partial charge >= 0.3 is 6.01 Å². The van der Waals surface area contributed by atoms with Crippen LogP contribution in [0.1, 0.15) is 11.1 Å². The molecule has 0 saturated carbocycles. The Morgan fingerprint density at radius 3 is 2.61 bits per heavy atom. The standard InChI is InChI=1S/C13H14ClN3O/c1-9-6-11(14)2-3-12(9)18-13-16-7-10(4-5-15)8-17-13/h2-3,6-8H,4-5,15H2,1H3. The number of benzene rings is 1. The minimum Gasteiger partial charge on any atom is -0.424 e. The van der Waals surface area contributed by atoms with Crippen LogP contribution in [-0.4, -0.2) is 16.5 Å². The minimum absolute atomic E-state index is 0.321. The van der Waals surface area contributed by atoms with Crippen molar-refractivity contribution in [1.29, 1.82) is 0 Å². The lowest BCUT2D eigenvalue weighted by Gasteiger charge is -2.07. The Labute approximate surface area is 111 Å². The van der Waals surface area contributed by atoms with Gasteiger partial charge in [0.1, 0.15) is 5.75 Å². The van der Waals surface area contributed by atoms with Crippen molar-refractivity contribution in [3.05, 3.63) is 46.7 Å². The first-order valence-electron chi connectivity index (χ1n) is 5.64. The van der Waals surface area contributed by atoms with Gasteiger partial charge in [0.15, 0.2) is 0 Å². The van der Waals surface area contributed by atoms with Crippen molar-refractivity contribution in [2.45, 2.75) is 13.3 Å². The highest BCUT2D eigenvalue weighted by Crippen LogP contribution is 2.25. The number of halogens is 1. The van der Waals surface area contributed by atoms with Crippen LogP contribution >= 0.6 is 11.6 Å². The Hall–Kier alpha value is -1.65. The Morgan fingerprint density at radius 1 is 1.28 bits per heavy atom. The summed E-state index contributed by atoms with van der Waals surface area (Å²) in [6.07, 6.45) is 4.21. The van der Waals surface area contributed by atoms with E-state index in [1.54, 1.807) is 24.5 Å². The first-order chi connectivity index (χ1) is 8.69. The molecule has 94 valence electrons. The summed E-state index contributed by atoms with van der Waals surface area (Å²) < 4.78 is 5.59. The second kappa shape index (κ2) is 5.80. The molecule has 0 unspecified atom stereocenters. The molecule has 0 aliphatic rings.